The summed E-state index contributed by atoms with van der Waals surface area (Å²) in [7, 11) is 0. The average Bonchev–Trinajstić information content (AvgIpc) is 2.04. The molecule has 0 aromatic carbocycles. The number of nitrogens with zero attached hydrogens (tertiary/aromatic N) is 1. The van der Waals surface area contributed by atoms with Gasteiger partial charge >= 0.3 is 58.4 Å². The van der Waals surface area contributed by atoms with Gasteiger partial charge in [-0.1, -0.05) is 13.8 Å². The van der Waals surface area contributed by atoms with Gasteiger partial charge in [-0.3, -0.25) is 0 Å². The summed E-state index contributed by atoms with van der Waals surface area (Å²) in [5, 5.41) is 8.67. The van der Waals surface area contributed by atoms with E-state index in [2.05, 4.69) is 0 Å². The summed E-state index contributed by atoms with van der Waals surface area (Å²) < 4.78 is 36.6. The first kappa shape index (κ1) is 18.8. The van der Waals surface area contributed by atoms with Gasteiger partial charge in [-0.2, -0.15) is 0 Å². The molecule has 2 nitrogen and oxygen atoms in total. The summed E-state index contributed by atoms with van der Waals surface area (Å²) in [6, 6.07) is -0.0781. The molecule has 0 fully saturated rings. The topological polar surface area (TPSA) is 23.5 Å². The normalized spacial score (nSPS) is 12.0. The van der Waals surface area contributed by atoms with Crippen molar-refractivity contribution in [1.29, 1.82) is 0 Å². The Labute approximate surface area is 132 Å². The van der Waals surface area contributed by atoms with Crippen molar-refractivity contribution in [2.45, 2.75) is 32.7 Å². The first-order chi connectivity index (χ1) is 6.44. The van der Waals surface area contributed by atoms with Crippen molar-refractivity contribution in [3.63, 3.8) is 0 Å². The van der Waals surface area contributed by atoms with Crippen LogP contribution in [0.15, 0.2) is 0 Å². The molecule has 0 amide bonds. The zero-order valence-corrected chi connectivity index (χ0v) is 12.8. The van der Waals surface area contributed by atoms with Gasteiger partial charge < -0.3 is 23.0 Å². The molecule has 7 heteroatoms. The smallest absolute Gasteiger partial charge is 0.448 e. The molecule has 0 atom stereocenters. The molecule has 0 saturated heterocycles. The van der Waals surface area contributed by atoms with Gasteiger partial charge in [0.25, 0.3) is 0 Å². The van der Waals surface area contributed by atoms with E-state index in [0.717, 1.165) is 0 Å². The van der Waals surface area contributed by atoms with Crippen molar-refractivity contribution in [3.05, 3.63) is 0 Å². The van der Waals surface area contributed by atoms with Gasteiger partial charge in [0.05, 0.1) is 6.61 Å². The van der Waals surface area contributed by atoms with Crippen LogP contribution in [0.25, 0.3) is 0 Å². The molecule has 0 saturated carbocycles. The second-order valence-electron chi connectivity index (χ2n) is 3.40. The van der Waals surface area contributed by atoms with Gasteiger partial charge in [0, 0.05) is 12.6 Å². The summed E-state index contributed by atoms with van der Waals surface area (Å²) >= 11 is 0. The predicted molar refractivity (Wildman–Crippen MR) is 52.1 cm³/mol. The van der Waals surface area contributed by atoms with Crippen LogP contribution in [0.1, 0.15) is 26.7 Å². The van der Waals surface area contributed by atoms with Gasteiger partial charge in [0.15, 0.2) is 0 Å². The molecule has 0 aliphatic heterocycles. The zero-order valence-electron chi connectivity index (χ0n) is 9.72. The largest absolute Gasteiger partial charge is 1.00 e. The molecule has 0 rings (SSSR count). The molecule has 0 aromatic rings. The summed E-state index contributed by atoms with van der Waals surface area (Å²) in [6.45, 7) is -1.18. The summed E-state index contributed by atoms with van der Waals surface area (Å²) in [5.74, 6) is 0. The molecule has 0 radical (unpaired) electrons. The molecule has 0 unspecified atom stereocenters. The predicted octanol–water partition coefficient (Wildman–Crippen LogP) is -1.14. The summed E-state index contributed by atoms with van der Waals surface area (Å²) in [5.41, 5.74) is 0. The van der Waals surface area contributed by atoms with E-state index >= 15 is 0 Å². The first-order valence-electron chi connectivity index (χ1n) is 5.00. The van der Waals surface area contributed by atoms with Crippen molar-refractivity contribution in [2.75, 3.05) is 19.6 Å². The molecule has 0 aliphatic rings. The molecule has 0 heterocycles. The molecule has 0 spiro atoms. The third kappa shape index (κ3) is 9.14. The van der Waals surface area contributed by atoms with Crippen molar-refractivity contribution in [3.8, 4) is 0 Å². The second kappa shape index (κ2) is 9.44. The van der Waals surface area contributed by atoms with Crippen LogP contribution < -0.4 is 51.4 Å². The molecule has 0 aliphatic carbocycles. The Kier molecular flexibility index (Phi) is 11.8. The molecular formula is C8H18BF3KNO. The van der Waals surface area contributed by atoms with Crippen molar-refractivity contribution >= 4 is 6.98 Å². The van der Waals surface area contributed by atoms with Gasteiger partial charge in [-0.05, 0) is 19.3 Å². The minimum Gasteiger partial charge on any atom is -0.448 e. The molecular weight excluding hydrogens is 233 g/mol. The number of hydrogen-bond donors (Lipinski definition) is 1. The Hall–Kier alpha value is 1.41. The van der Waals surface area contributed by atoms with Crippen molar-refractivity contribution in [1.82, 2.24) is 4.90 Å². The van der Waals surface area contributed by atoms with Crippen LogP contribution in [0, 0.1) is 0 Å². The Morgan fingerprint density at radius 3 is 1.93 bits per heavy atom. The van der Waals surface area contributed by atoms with Crippen LogP contribution >= 0.6 is 0 Å². The van der Waals surface area contributed by atoms with Crippen LogP contribution in [0.4, 0.5) is 12.9 Å². The standard InChI is InChI=1S/C8H18BF3NO.K/c1-3-8(4-2)13(5-6-14)7-9(10,11)12;/h8,14H,3-7H2,1-2H3;/q-1;+1. The fourth-order valence-electron chi connectivity index (χ4n) is 1.62. The molecule has 86 valence electrons. The van der Waals surface area contributed by atoms with E-state index in [1.54, 1.807) is 0 Å². The maximum Gasteiger partial charge on any atom is 1.00 e. The Morgan fingerprint density at radius 1 is 1.20 bits per heavy atom. The van der Waals surface area contributed by atoms with E-state index in [1.165, 1.54) is 4.90 Å². The van der Waals surface area contributed by atoms with Gasteiger partial charge in [0.2, 0.25) is 0 Å². The average molecular weight is 251 g/mol. The Bertz CT molecular complexity index is 155. The number of aliphatic hydroxyl groups excluding tert-OH is 1. The monoisotopic (exact) mass is 251 g/mol. The Balaban J connectivity index is 0. The summed E-state index contributed by atoms with van der Waals surface area (Å²) in [6.07, 6.45) is 0.498. The van der Waals surface area contributed by atoms with Gasteiger partial charge in [0.1, 0.15) is 0 Å². The molecule has 0 bridgehead atoms. The van der Waals surface area contributed by atoms with E-state index in [4.69, 9.17) is 5.11 Å². The third-order valence-electron chi connectivity index (χ3n) is 2.29. The minimum absolute atomic E-state index is 0. The van der Waals surface area contributed by atoms with Crippen LogP contribution in [0.3, 0.4) is 0 Å². The fourth-order valence-corrected chi connectivity index (χ4v) is 1.62. The van der Waals surface area contributed by atoms with Gasteiger partial charge in [-0.25, -0.2) is 0 Å². The Morgan fingerprint density at radius 2 is 1.67 bits per heavy atom. The quantitative estimate of drug-likeness (QED) is 0.578. The van der Waals surface area contributed by atoms with E-state index in [1.807, 2.05) is 13.8 Å². The van der Waals surface area contributed by atoms with Crippen molar-refractivity contribution < 1.29 is 69.4 Å². The molecule has 15 heavy (non-hydrogen) atoms. The fraction of sp³-hybridized carbons (Fsp3) is 1.00. The zero-order chi connectivity index (χ0) is 11.2. The number of hydrogen-bond acceptors (Lipinski definition) is 2. The van der Waals surface area contributed by atoms with E-state index in [-0.39, 0.29) is 70.6 Å². The van der Waals surface area contributed by atoms with E-state index < -0.39 is 13.4 Å². The van der Waals surface area contributed by atoms with E-state index in [0.29, 0.717) is 12.8 Å². The SMILES string of the molecule is CCC(CC)N(CCO)C[B-](F)(F)F.[K+]. The number of aliphatic hydroxyl groups is 1. The van der Waals surface area contributed by atoms with Gasteiger partial charge in [-0.15, -0.1) is 0 Å². The van der Waals surface area contributed by atoms with Crippen LogP contribution in [-0.4, -0.2) is 42.6 Å². The number of halogens is 3. The maximum absolute atomic E-state index is 12.2. The molecule has 1 N–H and O–H groups in total. The second-order valence-corrected chi connectivity index (χ2v) is 3.40. The molecule has 0 aromatic heterocycles. The van der Waals surface area contributed by atoms with Crippen LogP contribution in [-0.2, 0) is 0 Å². The van der Waals surface area contributed by atoms with Crippen molar-refractivity contribution in [2.24, 2.45) is 0 Å². The first-order valence-corrected chi connectivity index (χ1v) is 5.00. The minimum atomic E-state index is -4.79. The maximum atomic E-state index is 12.2. The van der Waals surface area contributed by atoms with E-state index in [9.17, 15) is 12.9 Å². The number of rotatable bonds is 7. The van der Waals surface area contributed by atoms with Crippen LogP contribution in [0.2, 0.25) is 0 Å². The summed E-state index contributed by atoms with van der Waals surface area (Å²) in [4.78, 5) is 1.32. The van der Waals surface area contributed by atoms with Crippen LogP contribution in [0.5, 0.6) is 0 Å². The third-order valence-corrected chi connectivity index (χ3v) is 2.29.